The minimum absolute atomic E-state index is 0.623. The van der Waals surface area contributed by atoms with Crippen molar-refractivity contribution in [1.82, 2.24) is 4.98 Å². The smallest absolute Gasteiger partial charge is 0.139 e. The largest absolute Gasteiger partial charge is 0.377 e. The zero-order valence-corrected chi connectivity index (χ0v) is 8.49. The standard InChI is InChI=1S/C10H17N3O/c1-2-3-6-14-8-9-4-5-10(13-11)12-7-9/h4-5,7H,2-3,6,8,11H2,1H3,(H,12,13). The molecule has 0 saturated carbocycles. The van der Waals surface area contributed by atoms with Crippen LogP contribution >= 0.6 is 0 Å². The van der Waals surface area contributed by atoms with Gasteiger partial charge in [-0.2, -0.15) is 0 Å². The molecule has 3 N–H and O–H groups in total. The molecule has 0 unspecified atom stereocenters. The van der Waals surface area contributed by atoms with E-state index in [-0.39, 0.29) is 0 Å². The lowest BCUT2D eigenvalue weighted by atomic mass is 10.3. The number of unbranched alkanes of at least 4 members (excludes halogenated alkanes) is 1. The molecule has 1 rings (SSSR count). The normalized spacial score (nSPS) is 10.1. The van der Waals surface area contributed by atoms with Gasteiger partial charge in [-0.15, -0.1) is 0 Å². The second-order valence-electron chi connectivity index (χ2n) is 3.10. The molecule has 78 valence electrons. The molecule has 4 heteroatoms. The Morgan fingerprint density at radius 2 is 2.36 bits per heavy atom. The minimum atomic E-state index is 0.623. The van der Waals surface area contributed by atoms with Crippen LogP contribution < -0.4 is 11.3 Å². The highest BCUT2D eigenvalue weighted by atomic mass is 16.5. The molecule has 1 aromatic rings. The minimum Gasteiger partial charge on any atom is -0.377 e. The third-order valence-electron chi connectivity index (χ3n) is 1.88. The Hall–Kier alpha value is -1.13. The zero-order valence-electron chi connectivity index (χ0n) is 8.49. The summed E-state index contributed by atoms with van der Waals surface area (Å²) in [6, 6.07) is 3.78. The maximum Gasteiger partial charge on any atom is 0.139 e. The van der Waals surface area contributed by atoms with Crippen molar-refractivity contribution in [3.63, 3.8) is 0 Å². The van der Waals surface area contributed by atoms with Crippen molar-refractivity contribution in [3.05, 3.63) is 23.9 Å². The van der Waals surface area contributed by atoms with Crippen LogP contribution in [0.25, 0.3) is 0 Å². The van der Waals surface area contributed by atoms with Gasteiger partial charge < -0.3 is 10.2 Å². The zero-order chi connectivity index (χ0) is 10.2. The Labute approximate surface area is 84.4 Å². The van der Waals surface area contributed by atoms with E-state index in [0.29, 0.717) is 12.4 Å². The molecule has 0 aliphatic rings. The molecule has 0 fully saturated rings. The van der Waals surface area contributed by atoms with Crippen LogP contribution in [0.1, 0.15) is 25.3 Å². The summed E-state index contributed by atoms with van der Waals surface area (Å²) in [5, 5.41) is 0. The SMILES string of the molecule is CCCCOCc1ccc(NN)nc1. The molecule has 0 saturated heterocycles. The molecule has 0 spiro atoms. The first kappa shape index (κ1) is 10.9. The van der Waals surface area contributed by atoms with Crippen LogP contribution in [0.2, 0.25) is 0 Å². The fraction of sp³-hybridized carbons (Fsp3) is 0.500. The molecule has 0 bridgehead atoms. The average molecular weight is 195 g/mol. The van der Waals surface area contributed by atoms with E-state index in [2.05, 4.69) is 17.3 Å². The van der Waals surface area contributed by atoms with Crippen LogP contribution in [0.3, 0.4) is 0 Å². The summed E-state index contributed by atoms with van der Waals surface area (Å²) in [6.45, 7) is 3.58. The van der Waals surface area contributed by atoms with Gasteiger partial charge in [-0.05, 0) is 18.1 Å². The van der Waals surface area contributed by atoms with Crippen molar-refractivity contribution >= 4 is 5.82 Å². The third kappa shape index (κ3) is 3.72. The van der Waals surface area contributed by atoms with Gasteiger partial charge in [-0.1, -0.05) is 19.4 Å². The van der Waals surface area contributed by atoms with E-state index in [4.69, 9.17) is 10.6 Å². The summed E-state index contributed by atoms with van der Waals surface area (Å²) >= 11 is 0. The lowest BCUT2D eigenvalue weighted by molar-refractivity contribution is 0.118. The molecule has 1 heterocycles. The highest BCUT2D eigenvalue weighted by Gasteiger charge is 1.94. The predicted octanol–water partition coefficient (Wildman–Crippen LogP) is 1.68. The molecule has 4 nitrogen and oxygen atoms in total. The number of aromatic nitrogens is 1. The van der Waals surface area contributed by atoms with Crippen LogP contribution in [-0.2, 0) is 11.3 Å². The molecule has 0 aromatic carbocycles. The second-order valence-corrected chi connectivity index (χ2v) is 3.10. The summed E-state index contributed by atoms with van der Waals surface area (Å²) < 4.78 is 5.44. The fourth-order valence-electron chi connectivity index (χ4n) is 1.03. The van der Waals surface area contributed by atoms with Gasteiger partial charge in [0.2, 0.25) is 0 Å². The van der Waals surface area contributed by atoms with Gasteiger partial charge in [-0.3, -0.25) is 0 Å². The van der Waals surface area contributed by atoms with E-state index in [1.165, 1.54) is 0 Å². The van der Waals surface area contributed by atoms with E-state index in [9.17, 15) is 0 Å². The van der Waals surface area contributed by atoms with Crippen LogP contribution in [0.5, 0.6) is 0 Å². The molecule has 14 heavy (non-hydrogen) atoms. The highest BCUT2D eigenvalue weighted by Crippen LogP contribution is 2.05. The number of pyridine rings is 1. The Bertz CT molecular complexity index is 248. The summed E-state index contributed by atoms with van der Waals surface area (Å²) in [4.78, 5) is 4.08. The Morgan fingerprint density at radius 3 is 2.93 bits per heavy atom. The monoisotopic (exact) mass is 195 g/mol. The third-order valence-corrected chi connectivity index (χ3v) is 1.88. The van der Waals surface area contributed by atoms with Crippen molar-refractivity contribution in [2.45, 2.75) is 26.4 Å². The van der Waals surface area contributed by atoms with Gasteiger partial charge in [0.05, 0.1) is 6.61 Å². The van der Waals surface area contributed by atoms with Gasteiger partial charge in [0.25, 0.3) is 0 Å². The summed E-state index contributed by atoms with van der Waals surface area (Å²) in [6.07, 6.45) is 4.03. The summed E-state index contributed by atoms with van der Waals surface area (Å²) in [5.74, 6) is 5.86. The quantitative estimate of drug-likeness (QED) is 0.412. The number of nitrogen functional groups attached to an aromatic ring is 1. The van der Waals surface area contributed by atoms with Crippen LogP contribution in [0, 0.1) is 0 Å². The van der Waals surface area contributed by atoms with E-state index in [1.54, 1.807) is 6.20 Å². The van der Waals surface area contributed by atoms with Crippen LogP contribution in [0.15, 0.2) is 18.3 Å². The van der Waals surface area contributed by atoms with Crippen molar-refractivity contribution in [2.75, 3.05) is 12.0 Å². The van der Waals surface area contributed by atoms with Crippen LogP contribution in [-0.4, -0.2) is 11.6 Å². The molecular formula is C10H17N3O. The molecule has 0 radical (unpaired) electrons. The first-order valence-electron chi connectivity index (χ1n) is 4.86. The maximum atomic E-state index is 5.44. The summed E-state index contributed by atoms with van der Waals surface area (Å²) in [5.41, 5.74) is 3.55. The number of hydrazine groups is 1. The van der Waals surface area contributed by atoms with Crippen molar-refractivity contribution < 1.29 is 4.74 Å². The van der Waals surface area contributed by atoms with Gasteiger partial charge >= 0.3 is 0 Å². The molecule has 0 aliphatic heterocycles. The van der Waals surface area contributed by atoms with Gasteiger partial charge in [0, 0.05) is 12.8 Å². The van der Waals surface area contributed by atoms with Crippen LogP contribution in [0.4, 0.5) is 5.82 Å². The number of hydrogen-bond acceptors (Lipinski definition) is 4. The lowest BCUT2D eigenvalue weighted by Crippen LogP contribution is -2.08. The Morgan fingerprint density at radius 1 is 1.50 bits per heavy atom. The van der Waals surface area contributed by atoms with Gasteiger partial charge in [-0.25, -0.2) is 10.8 Å². The number of ether oxygens (including phenoxy) is 1. The van der Waals surface area contributed by atoms with E-state index in [0.717, 1.165) is 25.0 Å². The predicted molar refractivity (Wildman–Crippen MR) is 56.6 cm³/mol. The number of hydrogen-bond donors (Lipinski definition) is 2. The number of nitrogens with two attached hydrogens (primary N) is 1. The Balaban J connectivity index is 2.29. The number of anilines is 1. The summed E-state index contributed by atoms with van der Waals surface area (Å²) in [7, 11) is 0. The van der Waals surface area contributed by atoms with Gasteiger partial charge in [0.15, 0.2) is 0 Å². The fourth-order valence-corrected chi connectivity index (χ4v) is 1.03. The van der Waals surface area contributed by atoms with E-state index >= 15 is 0 Å². The van der Waals surface area contributed by atoms with Crippen molar-refractivity contribution in [3.8, 4) is 0 Å². The lowest BCUT2D eigenvalue weighted by Gasteiger charge is -2.04. The number of rotatable bonds is 6. The topological polar surface area (TPSA) is 60.2 Å². The number of nitrogens with zero attached hydrogens (tertiary/aromatic N) is 1. The number of nitrogens with one attached hydrogen (secondary N) is 1. The molecular weight excluding hydrogens is 178 g/mol. The van der Waals surface area contributed by atoms with Crippen molar-refractivity contribution in [2.24, 2.45) is 5.84 Å². The van der Waals surface area contributed by atoms with E-state index < -0.39 is 0 Å². The first-order valence-corrected chi connectivity index (χ1v) is 4.86. The van der Waals surface area contributed by atoms with Crippen molar-refractivity contribution in [1.29, 1.82) is 0 Å². The first-order chi connectivity index (χ1) is 6.86. The maximum absolute atomic E-state index is 5.44. The van der Waals surface area contributed by atoms with Gasteiger partial charge in [0.1, 0.15) is 5.82 Å². The molecule has 0 atom stereocenters. The highest BCUT2D eigenvalue weighted by molar-refractivity contribution is 5.33. The molecule has 0 aliphatic carbocycles. The average Bonchev–Trinajstić information content (AvgIpc) is 2.25. The second kappa shape index (κ2) is 6.34. The molecule has 0 amide bonds. The Kier molecular flexibility index (Phi) is 4.96. The molecule has 1 aromatic heterocycles. The van der Waals surface area contributed by atoms with E-state index in [1.807, 2.05) is 12.1 Å².